The average molecular weight is 345 g/mol. The highest BCUT2D eigenvalue weighted by Crippen LogP contribution is 2.26. The predicted octanol–water partition coefficient (Wildman–Crippen LogP) is 2.37. The molecular formula is C19H23NO5. The zero-order chi connectivity index (χ0) is 18.1. The Morgan fingerprint density at radius 2 is 1.76 bits per heavy atom. The van der Waals surface area contributed by atoms with Crippen LogP contribution >= 0.6 is 0 Å². The van der Waals surface area contributed by atoms with Gasteiger partial charge in [-0.3, -0.25) is 9.63 Å². The first-order valence-electron chi connectivity index (χ1n) is 8.08. The molecule has 0 aliphatic carbocycles. The Labute approximate surface area is 147 Å². The second kappa shape index (κ2) is 9.66. The summed E-state index contributed by atoms with van der Waals surface area (Å²) in [6.07, 6.45) is 1.65. The number of hydroxylamine groups is 1. The fraction of sp³-hybridized carbons (Fsp3) is 0.316. The molecule has 0 bridgehead atoms. The second-order valence-electron chi connectivity index (χ2n) is 5.64. The lowest BCUT2D eigenvalue weighted by Crippen LogP contribution is -2.22. The molecule has 25 heavy (non-hydrogen) atoms. The van der Waals surface area contributed by atoms with Crippen LogP contribution in [-0.4, -0.2) is 36.3 Å². The smallest absolute Gasteiger partial charge is 0.160 e. The minimum Gasteiger partial charge on any atom is -0.508 e. The zero-order valence-electron chi connectivity index (χ0n) is 14.2. The van der Waals surface area contributed by atoms with Crippen LogP contribution in [0.4, 0.5) is 0 Å². The number of ether oxygens (including phenoxy) is 1. The quantitative estimate of drug-likeness (QED) is 0.453. The van der Waals surface area contributed by atoms with Crippen LogP contribution < -0.4 is 10.2 Å². The number of methoxy groups -OCH3 is 1. The van der Waals surface area contributed by atoms with E-state index in [9.17, 15) is 15.0 Å². The summed E-state index contributed by atoms with van der Waals surface area (Å²) in [5.74, 6) is 0.713. The zero-order valence-corrected chi connectivity index (χ0v) is 14.2. The number of phenolic OH excluding ortho intramolecular Hbond substituents is 2. The molecule has 0 aliphatic heterocycles. The first kappa shape index (κ1) is 18.8. The van der Waals surface area contributed by atoms with Gasteiger partial charge in [-0.1, -0.05) is 18.2 Å². The molecule has 0 spiro atoms. The lowest BCUT2D eigenvalue weighted by Gasteiger charge is -2.07. The second-order valence-corrected chi connectivity index (χ2v) is 5.64. The summed E-state index contributed by atoms with van der Waals surface area (Å²) >= 11 is 0. The number of carbonyl (C=O) groups excluding carboxylic acids is 1. The molecule has 0 saturated carbocycles. The fourth-order valence-corrected chi connectivity index (χ4v) is 2.30. The minimum absolute atomic E-state index is 0.00476. The van der Waals surface area contributed by atoms with Crippen LogP contribution in [-0.2, 0) is 22.5 Å². The molecule has 2 aromatic rings. The molecule has 3 N–H and O–H groups in total. The van der Waals surface area contributed by atoms with Crippen molar-refractivity contribution in [2.24, 2.45) is 0 Å². The van der Waals surface area contributed by atoms with Gasteiger partial charge in [-0.05, 0) is 48.2 Å². The molecule has 6 heteroatoms. The van der Waals surface area contributed by atoms with Gasteiger partial charge in [-0.15, -0.1) is 0 Å². The van der Waals surface area contributed by atoms with Crippen molar-refractivity contribution in [2.45, 2.75) is 19.3 Å². The summed E-state index contributed by atoms with van der Waals surface area (Å²) in [4.78, 5) is 17.0. The molecule has 0 heterocycles. The topological polar surface area (TPSA) is 88.0 Å². The molecule has 0 aromatic heterocycles. The highest BCUT2D eigenvalue weighted by Gasteiger charge is 2.06. The van der Waals surface area contributed by atoms with Crippen LogP contribution in [0, 0.1) is 0 Å². The van der Waals surface area contributed by atoms with Gasteiger partial charge < -0.3 is 14.9 Å². The molecule has 2 rings (SSSR count). The average Bonchev–Trinajstić information content (AvgIpc) is 2.62. The van der Waals surface area contributed by atoms with E-state index < -0.39 is 0 Å². The van der Waals surface area contributed by atoms with Crippen molar-refractivity contribution in [1.29, 1.82) is 0 Å². The van der Waals surface area contributed by atoms with Crippen LogP contribution in [0.15, 0.2) is 42.5 Å². The van der Waals surface area contributed by atoms with Crippen molar-refractivity contribution >= 4 is 5.78 Å². The Morgan fingerprint density at radius 1 is 1.04 bits per heavy atom. The van der Waals surface area contributed by atoms with Gasteiger partial charge in [0, 0.05) is 13.0 Å². The maximum atomic E-state index is 11.8. The summed E-state index contributed by atoms with van der Waals surface area (Å²) < 4.78 is 5.04. The van der Waals surface area contributed by atoms with Crippen LogP contribution in [0.25, 0.3) is 0 Å². The number of ketones is 1. The van der Waals surface area contributed by atoms with E-state index in [1.54, 1.807) is 30.3 Å². The molecule has 0 aliphatic rings. The van der Waals surface area contributed by atoms with E-state index in [-0.39, 0.29) is 23.9 Å². The van der Waals surface area contributed by atoms with Crippen molar-refractivity contribution in [2.75, 3.05) is 20.3 Å². The Hall–Kier alpha value is -2.57. The lowest BCUT2D eigenvalue weighted by atomic mass is 10.1. The van der Waals surface area contributed by atoms with Crippen LogP contribution in [0.5, 0.6) is 17.2 Å². The first-order valence-corrected chi connectivity index (χ1v) is 8.08. The number of hydrogen-bond acceptors (Lipinski definition) is 6. The van der Waals surface area contributed by atoms with Crippen LogP contribution in [0.2, 0.25) is 0 Å². The van der Waals surface area contributed by atoms with Gasteiger partial charge in [0.25, 0.3) is 0 Å². The maximum absolute atomic E-state index is 11.8. The maximum Gasteiger partial charge on any atom is 0.160 e. The Kier molecular flexibility index (Phi) is 7.25. The Morgan fingerprint density at radius 3 is 2.48 bits per heavy atom. The molecule has 0 amide bonds. The van der Waals surface area contributed by atoms with Gasteiger partial charge >= 0.3 is 0 Å². The lowest BCUT2D eigenvalue weighted by molar-refractivity contribution is -0.126. The van der Waals surface area contributed by atoms with Gasteiger partial charge in [0.2, 0.25) is 0 Å². The third-order valence-corrected chi connectivity index (χ3v) is 3.72. The molecule has 0 unspecified atom stereocenters. The number of aryl methyl sites for hydroxylation is 1. The van der Waals surface area contributed by atoms with Crippen LogP contribution in [0.1, 0.15) is 17.5 Å². The molecule has 2 aromatic carbocycles. The summed E-state index contributed by atoms with van der Waals surface area (Å²) in [7, 11) is 1.49. The number of nitrogens with one attached hydrogen (secondary N) is 1. The van der Waals surface area contributed by atoms with E-state index in [0.717, 1.165) is 17.5 Å². The van der Waals surface area contributed by atoms with E-state index in [4.69, 9.17) is 9.57 Å². The normalized spacial score (nSPS) is 10.6. The minimum atomic E-state index is -0.0100. The van der Waals surface area contributed by atoms with Crippen molar-refractivity contribution < 1.29 is 24.6 Å². The molecule has 0 radical (unpaired) electrons. The summed E-state index contributed by atoms with van der Waals surface area (Å²) in [5.41, 5.74) is 4.76. The van der Waals surface area contributed by atoms with E-state index >= 15 is 0 Å². The number of hydrogen-bond donors (Lipinski definition) is 3. The number of aromatic hydroxyl groups is 2. The summed E-state index contributed by atoms with van der Waals surface area (Å²) in [5, 5.41) is 18.7. The van der Waals surface area contributed by atoms with Crippen molar-refractivity contribution in [3.05, 3.63) is 53.6 Å². The van der Waals surface area contributed by atoms with Crippen LogP contribution in [0.3, 0.4) is 0 Å². The number of rotatable bonds is 10. The predicted molar refractivity (Wildman–Crippen MR) is 93.8 cm³/mol. The molecule has 134 valence electrons. The first-order chi connectivity index (χ1) is 12.1. The highest BCUT2D eigenvalue weighted by atomic mass is 16.6. The fourth-order valence-electron chi connectivity index (χ4n) is 2.30. The van der Waals surface area contributed by atoms with E-state index in [1.165, 1.54) is 7.11 Å². The third-order valence-electron chi connectivity index (χ3n) is 3.72. The highest BCUT2D eigenvalue weighted by molar-refractivity contribution is 5.79. The standard InChI is InChI=1S/C19H23NO5/c1-24-19-12-15(5-9-18(19)23)4-8-17(22)13-25-20-11-10-14-2-6-16(21)7-3-14/h2-3,5-7,9,12,20-21,23H,4,8,10-11,13H2,1H3. The van der Waals surface area contributed by atoms with Gasteiger partial charge in [-0.2, -0.15) is 0 Å². The molecule has 0 saturated heterocycles. The number of Topliss-reactive ketones (excluding diaryl/α,β-unsaturated/α-hetero) is 1. The molecule has 0 atom stereocenters. The van der Waals surface area contributed by atoms with Gasteiger partial charge in [0.05, 0.1) is 7.11 Å². The summed E-state index contributed by atoms with van der Waals surface area (Å²) in [6.45, 7) is 0.581. The molecule has 6 nitrogen and oxygen atoms in total. The van der Waals surface area contributed by atoms with Gasteiger partial charge in [0.1, 0.15) is 12.4 Å². The number of benzene rings is 2. The number of carbonyl (C=O) groups is 1. The van der Waals surface area contributed by atoms with E-state index in [2.05, 4.69) is 5.48 Å². The summed E-state index contributed by atoms with van der Waals surface area (Å²) in [6, 6.07) is 12.0. The molecular weight excluding hydrogens is 322 g/mol. The van der Waals surface area contributed by atoms with Crippen molar-refractivity contribution in [3.63, 3.8) is 0 Å². The largest absolute Gasteiger partial charge is 0.508 e. The van der Waals surface area contributed by atoms with Crippen molar-refractivity contribution in [1.82, 2.24) is 5.48 Å². The number of phenols is 2. The van der Waals surface area contributed by atoms with Gasteiger partial charge in [0.15, 0.2) is 17.3 Å². The Bertz CT molecular complexity index is 685. The van der Waals surface area contributed by atoms with E-state index in [1.807, 2.05) is 12.1 Å². The van der Waals surface area contributed by atoms with E-state index in [0.29, 0.717) is 25.1 Å². The SMILES string of the molecule is COc1cc(CCC(=O)CONCCc2ccc(O)cc2)ccc1O. The van der Waals surface area contributed by atoms with Crippen molar-refractivity contribution in [3.8, 4) is 17.2 Å². The van der Waals surface area contributed by atoms with Gasteiger partial charge in [-0.25, -0.2) is 5.48 Å². The monoisotopic (exact) mass is 345 g/mol. The third kappa shape index (κ3) is 6.45. The Balaban J connectivity index is 1.61. The molecule has 0 fully saturated rings.